The van der Waals surface area contributed by atoms with E-state index in [1.807, 2.05) is 0 Å². The number of rotatable bonds is 2. The Bertz CT molecular complexity index is 489. The lowest BCUT2D eigenvalue weighted by molar-refractivity contribution is -0.121. The molecule has 0 aliphatic heterocycles. The van der Waals surface area contributed by atoms with Crippen LogP contribution in [0.4, 0.5) is 14.5 Å². The predicted molar refractivity (Wildman–Crippen MR) is 63.9 cm³/mol. The Morgan fingerprint density at radius 3 is 2.67 bits per heavy atom. The SMILES string of the molecule is O=C(Nc1ccc(F)cc1F)[C@@H]1C[C@H]2CC[C@H]1C2. The number of benzene rings is 1. The summed E-state index contributed by atoms with van der Waals surface area (Å²) in [5.74, 6) is -0.333. The van der Waals surface area contributed by atoms with Crippen molar-refractivity contribution in [2.24, 2.45) is 17.8 Å². The van der Waals surface area contributed by atoms with E-state index < -0.39 is 11.6 Å². The molecule has 2 aliphatic rings. The Morgan fingerprint density at radius 2 is 2.06 bits per heavy atom. The first-order valence-electron chi connectivity index (χ1n) is 6.39. The summed E-state index contributed by atoms with van der Waals surface area (Å²) < 4.78 is 26.2. The number of carbonyl (C=O) groups excluding carboxylic acids is 1. The summed E-state index contributed by atoms with van der Waals surface area (Å²) >= 11 is 0. The van der Waals surface area contributed by atoms with Gasteiger partial charge >= 0.3 is 0 Å². The van der Waals surface area contributed by atoms with E-state index >= 15 is 0 Å². The highest BCUT2D eigenvalue weighted by molar-refractivity contribution is 5.93. The lowest BCUT2D eigenvalue weighted by Gasteiger charge is -2.20. The summed E-state index contributed by atoms with van der Waals surface area (Å²) in [7, 11) is 0. The third-order valence-electron chi connectivity index (χ3n) is 4.26. The zero-order chi connectivity index (χ0) is 12.7. The Labute approximate surface area is 104 Å². The van der Waals surface area contributed by atoms with Crippen LogP contribution in [0.25, 0.3) is 0 Å². The average molecular weight is 251 g/mol. The summed E-state index contributed by atoms with van der Waals surface area (Å²) in [6, 6.07) is 3.21. The van der Waals surface area contributed by atoms with Crippen LogP contribution in [-0.4, -0.2) is 5.91 Å². The monoisotopic (exact) mass is 251 g/mol. The molecule has 96 valence electrons. The number of carbonyl (C=O) groups is 1. The molecule has 3 rings (SSSR count). The molecule has 1 amide bonds. The largest absolute Gasteiger partial charge is 0.323 e. The Kier molecular flexibility index (Phi) is 2.80. The van der Waals surface area contributed by atoms with E-state index in [2.05, 4.69) is 5.32 Å². The molecule has 1 N–H and O–H groups in total. The molecule has 4 heteroatoms. The van der Waals surface area contributed by atoms with Crippen molar-refractivity contribution in [1.82, 2.24) is 0 Å². The lowest BCUT2D eigenvalue weighted by atomic mass is 9.88. The Hall–Kier alpha value is -1.45. The third kappa shape index (κ3) is 2.00. The second-order valence-electron chi connectivity index (χ2n) is 5.39. The summed E-state index contributed by atoms with van der Waals surface area (Å²) in [5.41, 5.74) is 0.0733. The van der Waals surface area contributed by atoms with E-state index in [9.17, 15) is 13.6 Å². The highest BCUT2D eigenvalue weighted by Gasteiger charge is 2.43. The van der Waals surface area contributed by atoms with Crippen LogP contribution < -0.4 is 5.32 Å². The first kappa shape index (κ1) is 11.6. The minimum Gasteiger partial charge on any atom is -0.323 e. The van der Waals surface area contributed by atoms with Crippen molar-refractivity contribution in [3.63, 3.8) is 0 Å². The molecule has 2 fully saturated rings. The van der Waals surface area contributed by atoms with Gasteiger partial charge in [-0.15, -0.1) is 0 Å². The van der Waals surface area contributed by atoms with Crippen LogP contribution in [0.2, 0.25) is 0 Å². The number of hydrogen-bond donors (Lipinski definition) is 1. The summed E-state index contributed by atoms with van der Waals surface area (Å²) in [5, 5.41) is 2.58. The van der Waals surface area contributed by atoms with Crippen LogP contribution in [0.1, 0.15) is 25.7 Å². The van der Waals surface area contributed by atoms with Gasteiger partial charge in [-0.1, -0.05) is 6.42 Å². The summed E-state index contributed by atoms with van der Waals surface area (Å²) in [6.45, 7) is 0. The molecule has 0 spiro atoms. The molecule has 2 aliphatic carbocycles. The van der Waals surface area contributed by atoms with Gasteiger partial charge in [0, 0.05) is 12.0 Å². The van der Waals surface area contributed by atoms with Crippen molar-refractivity contribution >= 4 is 11.6 Å². The molecule has 18 heavy (non-hydrogen) atoms. The minimum atomic E-state index is -0.716. The third-order valence-corrected chi connectivity index (χ3v) is 4.26. The molecule has 0 aromatic heterocycles. The molecule has 1 aromatic rings. The molecule has 3 atom stereocenters. The fourth-order valence-corrected chi connectivity index (χ4v) is 3.38. The standard InChI is InChI=1S/C14H15F2NO/c15-10-3-4-13(12(16)7-10)17-14(18)11-6-8-1-2-9(11)5-8/h3-4,7-9,11H,1-2,5-6H2,(H,17,18)/t8-,9-,11+/m0/s1. The van der Waals surface area contributed by atoms with Crippen molar-refractivity contribution < 1.29 is 13.6 Å². The quantitative estimate of drug-likeness (QED) is 0.858. The second-order valence-corrected chi connectivity index (χ2v) is 5.39. The minimum absolute atomic E-state index is 0.00760. The topological polar surface area (TPSA) is 29.1 Å². The molecule has 0 radical (unpaired) electrons. The molecular weight excluding hydrogens is 236 g/mol. The van der Waals surface area contributed by atoms with Gasteiger partial charge in [-0.25, -0.2) is 8.78 Å². The molecular formula is C14H15F2NO. The number of amides is 1. The molecule has 0 unspecified atom stereocenters. The van der Waals surface area contributed by atoms with Gasteiger partial charge < -0.3 is 5.32 Å². The highest BCUT2D eigenvalue weighted by atomic mass is 19.1. The Morgan fingerprint density at radius 1 is 1.22 bits per heavy atom. The van der Waals surface area contributed by atoms with Gasteiger partial charge in [0.1, 0.15) is 11.6 Å². The molecule has 2 saturated carbocycles. The van der Waals surface area contributed by atoms with Crippen molar-refractivity contribution in [3.8, 4) is 0 Å². The summed E-state index contributed by atoms with van der Waals surface area (Å²) in [4.78, 5) is 12.1. The Balaban J connectivity index is 1.71. The van der Waals surface area contributed by atoms with Crippen molar-refractivity contribution in [2.75, 3.05) is 5.32 Å². The van der Waals surface area contributed by atoms with E-state index in [0.29, 0.717) is 11.8 Å². The fraction of sp³-hybridized carbons (Fsp3) is 0.500. The molecule has 2 bridgehead atoms. The van der Waals surface area contributed by atoms with Gasteiger partial charge in [0.05, 0.1) is 5.69 Å². The highest BCUT2D eigenvalue weighted by Crippen LogP contribution is 2.48. The van der Waals surface area contributed by atoms with Crippen LogP contribution in [0, 0.1) is 29.4 Å². The van der Waals surface area contributed by atoms with Crippen LogP contribution in [0.5, 0.6) is 0 Å². The number of anilines is 1. The number of fused-ring (bicyclic) bond motifs is 2. The number of halogens is 2. The molecule has 2 nitrogen and oxygen atoms in total. The van der Waals surface area contributed by atoms with E-state index in [-0.39, 0.29) is 17.5 Å². The van der Waals surface area contributed by atoms with Gasteiger partial charge in [-0.05, 0) is 43.2 Å². The van der Waals surface area contributed by atoms with Gasteiger partial charge in [0.2, 0.25) is 5.91 Å². The normalized spacial score (nSPS) is 29.6. The summed E-state index contributed by atoms with van der Waals surface area (Å²) in [6.07, 6.45) is 4.37. The second kappa shape index (κ2) is 4.34. The maximum absolute atomic E-state index is 13.4. The lowest BCUT2D eigenvalue weighted by Crippen LogP contribution is -2.27. The smallest absolute Gasteiger partial charge is 0.227 e. The molecule has 0 saturated heterocycles. The van der Waals surface area contributed by atoms with E-state index in [4.69, 9.17) is 0 Å². The van der Waals surface area contributed by atoms with E-state index in [1.165, 1.54) is 12.5 Å². The van der Waals surface area contributed by atoms with Crippen LogP contribution >= 0.6 is 0 Å². The van der Waals surface area contributed by atoms with Crippen LogP contribution in [0.3, 0.4) is 0 Å². The van der Waals surface area contributed by atoms with Gasteiger partial charge in [0.25, 0.3) is 0 Å². The van der Waals surface area contributed by atoms with Crippen LogP contribution in [-0.2, 0) is 4.79 Å². The maximum atomic E-state index is 13.4. The van der Waals surface area contributed by atoms with Gasteiger partial charge in [0.15, 0.2) is 0 Å². The molecule has 0 heterocycles. The van der Waals surface area contributed by atoms with Crippen molar-refractivity contribution in [2.45, 2.75) is 25.7 Å². The average Bonchev–Trinajstić information content (AvgIpc) is 2.94. The molecule has 1 aromatic carbocycles. The fourth-order valence-electron chi connectivity index (χ4n) is 3.38. The zero-order valence-corrected chi connectivity index (χ0v) is 9.96. The zero-order valence-electron chi connectivity index (χ0n) is 9.96. The first-order valence-corrected chi connectivity index (χ1v) is 6.39. The van der Waals surface area contributed by atoms with Gasteiger partial charge in [-0.2, -0.15) is 0 Å². The van der Waals surface area contributed by atoms with E-state index in [1.54, 1.807) is 0 Å². The van der Waals surface area contributed by atoms with E-state index in [0.717, 1.165) is 31.4 Å². The van der Waals surface area contributed by atoms with Gasteiger partial charge in [-0.3, -0.25) is 4.79 Å². The number of nitrogens with one attached hydrogen (secondary N) is 1. The maximum Gasteiger partial charge on any atom is 0.227 e. The predicted octanol–water partition coefficient (Wildman–Crippen LogP) is 3.34. The van der Waals surface area contributed by atoms with Crippen LogP contribution in [0.15, 0.2) is 18.2 Å². The first-order chi connectivity index (χ1) is 8.63. The van der Waals surface area contributed by atoms with Crippen molar-refractivity contribution in [1.29, 1.82) is 0 Å². The number of hydrogen-bond acceptors (Lipinski definition) is 1. The van der Waals surface area contributed by atoms with Crippen molar-refractivity contribution in [3.05, 3.63) is 29.8 Å².